The van der Waals surface area contributed by atoms with Gasteiger partial charge in [0.2, 0.25) is 0 Å². The minimum absolute atomic E-state index is 0.0432. The lowest BCUT2D eigenvalue weighted by Crippen LogP contribution is -2.14. The van der Waals surface area contributed by atoms with Crippen LogP contribution in [0.1, 0.15) is 25.5 Å². The maximum absolute atomic E-state index is 11.5. The molecule has 0 aliphatic rings. The zero-order chi connectivity index (χ0) is 13.1. The molecule has 0 aliphatic carbocycles. The van der Waals surface area contributed by atoms with Crippen molar-refractivity contribution >= 4 is 9.84 Å². The smallest absolute Gasteiger partial charge is 0.175 e. The van der Waals surface area contributed by atoms with E-state index in [0.29, 0.717) is 4.90 Å². The molecule has 1 unspecified atom stereocenters. The van der Waals surface area contributed by atoms with Crippen LogP contribution in [0.4, 0.5) is 0 Å². The van der Waals surface area contributed by atoms with Gasteiger partial charge in [-0.15, -0.1) is 0 Å². The number of hydrogen-bond acceptors (Lipinski definition) is 3. The molecule has 0 saturated carbocycles. The topological polar surface area (TPSA) is 46.2 Å². The Bertz CT molecular complexity index is 514. The second kappa shape index (κ2) is 5.47. The summed E-state index contributed by atoms with van der Waals surface area (Å²) in [5.41, 5.74) is 2.14. The highest BCUT2D eigenvalue weighted by molar-refractivity contribution is 7.90. The van der Waals surface area contributed by atoms with Crippen molar-refractivity contribution in [3.05, 3.63) is 41.5 Å². The van der Waals surface area contributed by atoms with Gasteiger partial charge in [-0.05, 0) is 38.6 Å². The van der Waals surface area contributed by atoms with Crippen LogP contribution >= 0.6 is 0 Å². The van der Waals surface area contributed by atoms with Gasteiger partial charge in [-0.1, -0.05) is 23.8 Å². The molecule has 0 fully saturated rings. The van der Waals surface area contributed by atoms with Gasteiger partial charge in [0.1, 0.15) is 0 Å². The van der Waals surface area contributed by atoms with Crippen LogP contribution < -0.4 is 5.32 Å². The fourth-order valence-corrected chi connectivity index (χ4v) is 2.29. The number of nitrogens with one attached hydrogen (secondary N) is 1. The fraction of sp³-hybridized carbons (Fsp3) is 0.385. The predicted molar refractivity (Wildman–Crippen MR) is 70.8 cm³/mol. The Kier molecular flexibility index (Phi) is 4.48. The summed E-state index contributed by atoms with van der Waals surface area (Å²) in [6, 6.07) is 7.08. The van der Waals surface area contributed by atoms with Gasteiger partial charge in [0, 0.05) is 6.26 Å². The summed E-state index contributed by atoms with van der Waals surface area (Å²) in [7, 11) is -1.29. The number of likely N-dealkylation sites (N-methyl/N-ethyl adjacent to an activating group) is 1. The van der Waals surface area contributed by atoms with Crippen molar-refractivity contribution in [3.63, 3.8) is 0 Å². The first-order valence-electron chi connectivity index (χ1n) is 5.47. The van der Waals surface area contributed by atoms with E-state index in [4.69, 9.17) is 0 Å². The van der Waals surface area contributed by atoms with E-state index in [1.54, 1.807) is 18.2 Å². The van der Waals surface area contributed by atoms with Gasteiger partial charge in [0.15, 0.2) is 9.84 Å². The number of hydrogen-bond donors (Lipinski definition) is 1. The quantitative estimate of drug-likeness (QED) is 0.838. The average Bonchev–Trinajstić information content (AvgIpc) is 2.24. The van der Waals surface area contributed by atoms with Crippen LogP contribution in [0.2, 0.25) is 0 Å². The molecule has 1 aromatic carbocycles. The van der Waals surface area contributed by atoms with Crippen molar-refractivity contribution in [2.45, 2.75) is 24.8 Å². The maximum atomic E-state index is 11.5. The zero-order valence-electron chi connectivity index (χ0n) is 10.7. The van der Waals surface area contributed by atoms with Crippen molar-refractivity contribution in [1.29, 1.82) is 0 Å². The minimum Gasteiger partial charge on any atom is -0.310 e. The van der Waals surface area contributed by atoms with E-state index in [0.717, 1.165) is 5.56 Å². The Balaban J connectivity index is 3.19. The summed E-state index contributed by atoms with van der Waals surface area (Å²) in [4.78, 5) is 0.359. The SMILES string of the molecule is CNC(C=C(C)C)c1cccc(S(C)(=O)=O)c1. The van der Waals surface area contributed by atoms with Gasteiger partial charge in [-0.2, -0.15) is 0 Å². The predicted octanol–water partition coefficient (Wildman–Crippen LogP) is 2.32. The molecule has 0 saturated heterocycles. The van der Waals surface area contributed by atoms with Gasteiger partial charge in [0.05, 0.1) is 10.9 Å². The van der Waals surface area contributed by atoms with E-state index in [2.05, 4.69) is 11.4 Å². The molecule has 1 N–H and O–H groups in total. The van der Waals surface area contributed by atoms with E-state index in [9.17, 15) is 8.42 Å². The second-order valence-corrected chi connectivity index (χ2v) is 6.37. The highest BCUT2D eigenvalue weighted by Gasteiger charge is 2.11. The third-order valence-electron chi connectivity index (χ3n) is 2.46. The Morgan fingerprint density at radius 3 is 2.47 bits per heavy atom. The van der Waals surface area contributed by atoms with Gasteiger partial charge in [0.25, 0.3) is 0 Å². The lowest BCUT2D eigenvalue weighted by Gasteiger charge is -2.14. The fourth-order valence-electron chi connectivity index (χ4n) is 1.62. The molecule has 3 nitrogen and oxygen atoms in total. The number of allylic oxidation sites excluding steroid dienone is 1. The third-order valence-corrected chi connectivity index (χ3v) is 3.57. The first kappa shape index (κ1) is 13.9. The van der Waals surface area contributed by atoms with E-state index in [1.807, 2.05) is 27.0 Å². The molecule has 1 aromatic rings. The summed E-state index contributed by atoms with van der Waals surface area (Å²) < 4.78 is 23.0. The highest BCUT2D eigenvalue weighted by atomic mass is 32.2. The number of rotatable bonds is 4. The molecule has 0 heterocycles. The first-order chi connectivity index (χ1) is 7.84. The van der Waals surface area contributed by atoms with Crippen LogP contribution in [0.15, 0.2) is 40.8 Å². The van der Waals surface area contributed by atoms with Crippen LogP contribution in [0, 0.1) is 0 Å². The lowest BCUT2D eigenvalue weighted by atomic mass is 10.1. The van der Waals surface area contributed by atoms with Gasteiger partial charge in [-0.25, -0.2) is 8.42 Å². The third kappa shape index (κ3) is 3.98. The number of sulfone groups is 1. The van der Waals surface area contributed by atoms with Gasteiger partial charge in [-0.3, -0.25) is 0 Å². The lowest BCUT2D eigenvalue weighted by molar-refractivity contribution is 0.601. The summed E-state index contributed by atoms with van der Waals surface area (Å²) in [6.45, 7) is 4.04. The zero-order valence-corrected chi connectivity index (χ0v) is 11.5. The second-order valence-electron chi connectivity index (χ2n) is 4.36. The molecule has 0 radical (unpaired) electrons. The maximum Gasteiger partial charge on any atom is 0.175 e. The van der Waals surface area contributed by atoms with Gasteiger partial charge >= 0.3 is 0 Å². The molecule has 0 amide bonds. The summed E-state index contributed by atoms with van der Waals surface area (Å²) in [5.74, 6) is 0. The van der Waals surface area contributed by atoms with Crippen molar-refractivity contribution in [1.82, 2.24) is 5.32 Å². The summed E-state index contributed by atoms with van der Waals surface area (Å²) in [5, 5.41) is 3.16. The Morgan fingerprint density at radius 2 is 2.00 bits per heavy atom. The van der Waals surface area contributed by atoms with E-state index in [-0.39, 0.29) is 6.04 Å². The minimum atomic E-state index is -3.14. The van der Waals surface area contributed by atoms with Crippen LogP contribution in [-0.2, 0) is 9.84 Å². The first-order valence-corrected chi connectivity index (χ1v) is 7.36. The molecule has 0 bridgehead atoms. The highest BCUT2D eigenvalue weighted by Crippen LogP contribution is 2.19. The van der Waals surface area contributed by atoms with Crippen LogP contribution in [0.3, 0.4) is 0 Å². The van der Waals surface area contributed by atoms with Gasteiger partial charge < -0.3 is 5.32 Å². The average molecular weight is 253 g/mol. The molecule has 4 heteroatoms. The van der Waals surface area contributed by atoms with E-state index < -0.39 is 9.84 Å². The Hall–Kier alpha value is -1.13. The molecule has 1 rings (SSSR count). The molecule has 17 heavy (non-hydrogen) atoms. The Morgan fingerprint density at radius 1 is 1.35 bits per heavy atom. The monoisotopic (exact) mass is 253 g/mol. The largest absolute Gasteiger partial charge is 0.310 e. The van der Waals surface area contributed by atoms with Crippen LogP contribution in [-0.4, -0.2) is 21.7 Å². The molecular weight excluding hydrogens is 234 g/mol. The van der Waals surface area contributed by atoms with Crippen LogP contribution in [0.25, 0.3) is 0 Å². The molecular formula is C13H19NO2S. The van der Waals surface area contributed by atoms with Crippen molar-refractivity contribution in [3.8, 4) is 0 Å². The summed E-state index contributed by atoms with van der Waals surface area (Å²) >= 11 is 0. The van der Waals surface area contributed by atoms with Crippen molar-refractivity contribution < 1.29 is 8.42 Å². The Labute approximate surface area is 103 Å². The molecule has 94 valence electrons. The van der Waals surface area contributed by atoms with Crippen molar-refractivity contribution in [2.24, 2.45) is 0 Å². The standard InChI is InChI=1S/C13H19NO2S/c1-10(2)8-13(14-3)11-6-5-7-12(9-11)17(4,15)16/h5-9,13-14H,1-4H3. The van der Waals surface area contributed by atoms with E-state index in [1.165, 1.54) is 11.8 Å². The summed E-state index contributed by atoms with van der Waals surface area (Å²) in [6.07, 6.45) is 3.29. The molecule has 0 spiro atoms. The molecule has 1 atom stereocenters. The van der Waals surface area contributed by atoms with Crippen molar-refractivity contribution in [2.75, 3.05) is 13.3 Å². The van der Waals surface area contributed by atoms with Crippen LogP contribution in [0.5, 0.6) is 0 Å². The molecule has 0 aliphatic heterocycles. The molecule has 0 aromatic heterocycles. The number of benzene rings is 1. The normalized spacial score (nSPS) is 13.2. The van der Waals surface area contributed by atoms with E-state index >= 15 is 0 Å².